The number of fused-ring (bicyclic) bond motifs is 2. The van der Waals surface area contributed by atoms with Crippen molar-refractivity contribution in [2.75, 3.05) is 24.2 Å². The SMILES string of the molecule is CN1CCc2cc(-c3nc(N)c4cnn(C)c4n3)cnc21. The van der Waals surface area contributed by atoms with Gasteiger partial charge in [-0.1, -0.05) is 0 Å². The Morgan fingerprint density at radius 3 is 2.90 bits per heavy atom. The van der Waals surface area contributed by atoms with Gasteiger partial charge in [0.1, 0.15) is 11.6 Å². The molecule has 21 heavy (non-hydrogen) atoms. The van der Waals surface area contributed by atoms with Gasteiger partial charge in [0.15, 0.2) is 11.5 Å². The number of rotatable bonds is 1. The summed E-state index contributed by atoms with van der Waals surface area (Å²) < 4.78 is 1.70. The van der Waals surface area contributed by atoms with Crippen LogP contribution in [0.15, 0.2) is 18.5 Å². The smallest absolute Gasteiger partial charge is 0.165 e. The van der Waals surface area contributed by atoms with Crippen molar-refractivity contribution in [3.63, 3.8) is 0 Å². The number of aryl methyl sites for hydroxylation is 1. The molecule has 3 aromatic heterocycles. The average molecular weight is 281 g/mol. The minimum Gasteiger partial charge on any atom is -0.383 e. The Labute approximate surface area is 121 Å². The number of likely N-dealkylation sites (N-methyl/N-ethyl adjacent to an activating group) is 1. The van der Waals surface area contributed by atoms with E-state index in [9.17, 15) is 0 Å². The van der Waals surface area contributed by atoms with E-state index in [1.807, 2.05) is 7.05 Å². The zero-order valence-electron chi connectivity index (χ0n) is 11.9. The van der Waals surface area contributed by atoms with E-state index >= 15 is 0 Å². The lowest BCUT2D eigenvalue weighted by atomic mass is 10.1. The maximum atomic E-state index is 6.01. The first-order chi connectivity index (χ1) is 10.1. The van der Waals surface area contributed by atoms with Gasteiger partial charge < -0.3 is 10.6 Å². The molecule has 7 nitrogen and oxygen atoms in total. The van der Waals surface area contributed by atoms with Gasteiger partial charge in [0.25, 0.3) is 0 Å². The van der Waals surface area contributed by atoms with E-state index in [2.05, 4.69) is 38.1 Å². The highest BCUT2D eigenvalue weighted by Crippen LogP contribution is 2.29. The molecule has 106 valence electrons. The first-order valence-electron chi connectivity index (χ1n) is 6.79. The summed E-state index contributed by atoms with van der Waals surface area (Å²) in [7, 11) is 3.89. The van der Waals surface area contributed by atoms with Crippen molar-refractivity contribution in [1.29, 1.82) is 0 Å². The molecular weight excluding hydrogens is 266 g/mol. The van der Waals surface area contributed by atoms with Crippen molar-refractivity contribution < 1.29 is 0 Å². The molecule has 0 saturated carbocycles. The summed E-state index contributed by atoms with van der Waals surface area (Å²) >= 11 is 0. The van der Waals surface area contributed by atoms with Crippen LogP contribution in [-0.4, -0.2) is 38.3 Å². The van der Waals surface area contributed by atoms with E-state index in [-0.39, 0.29) is 0 Å². The van der Waals surface area contributed by atoms with E-state index in [1.54, 1.807) is 17.1 Å². The van der Waals surface area contributed by atoms with Crippen LogP contribution in [-0.2, 0) is 13.5 Å². The minimum atomic E-state index is 0.445. The molecule has 1 aliphatic heterocycles. The Bertz CT molecular complexity index is 852. The molecule has 3 aromatic rings. The fourth-order valence-corrected chi connectivity index (χ4v) is 2.72. The highest BCUT2D eigenvalue weighted by molar-refractivity contribution is 5.86. The molecule has 0 fully saturated rings. The van der Waals surface area contributed by atoms with Gasteiger partial charge in [-0.05, 0) is 18.1 Å². The van der Waals surface area contributed by atoms with Crippen molar-refractivity contribution in [2.45, 2.75) is 6.42 Å². The Balaban J connectivity index is 1.89. The van der Waals surface area contributed by atoms with Crippen LogP contribution in [0.25, 0.3) is 22.4 Å². The fourth-order valence-electron chi connectivity index (χ4n) is 2.72. The molecule has 7 heteroatoms. The van der Waals surface area contributed by atoms with Crippen molar-refractivity contribution in [2.24, 2.45) is 7.05 Å². The van der Waals surface area contributed by atoms with Gasteiger partial charge in [0.05, 0.1) is 11.6 Å². The predicted octanol–water partition coefficient (Wildman–Crippen LogP) is 1.000. The van der Waals surface area contributed by atoms with E-state index in [0.717, 1.165) is 35.4 Å². The number of aromatic nitrogens is 5. The Hall–Kier alpha value is -2.70. The van der Waals surface area contributed by atoms with Gasteiger partial charge in [-0.3, -0.25) is 4.68 Å². The lowest BCUT2D eigenvalue weighted by Crippen LogP contribution is -2.13. The number of anilines is 2. The molecule has 0 saturated heterocycles. The van der Waals surface area contributed by atoms with Gasteiger partial charge in [0.2, 0.25) is 0 Å². The van der Waals surface area contributed by atoms with Gasteiger partial charge >= 0.3 is 0 Å². The summed E-state index contributed by atoms with van der Waals surface area (Å²) in [6.07, 6.45) is 4.48. The molecule has 4 rings (SSSR count). The summed E-state index contributed by atoms with van der Waals surface area (Å²) in [4.78, 5) is 15.6. The standard InChI is InChI=1S/C14H15N7/c1-20-4-3-8-5-9(6-16-13(8)20)12-18-11(15)10-7-17-21(2)14(10)19-12/h5-7H,3-4H2,1-2H3,(H2,15,18,19). The summed E-state index contributed by atoms with van der Waals surface area (Å²) in [5.74, 6) is 2.07. The zero-order chi connectivity index (χ0) is 14.6. The van der Waals surface area contributed by atoms with Gasteiger partial charge in [-0.15, -0.1) is 0 Å². The Morgan fingerprint density at radius 2 is 2.05 bits per heavy atom. The van der Waals surface area contributed by atoms with E-state index in [4.69, 9.17) is 5.73 Å². The van der Waals surface area contributed by atoms with Crippen molar-refractivity contribution in [3.05, 3.63) is 24.0 Å². The van der Waals surface area contributed by atoms with Crippen LogP contribution in [0, 0.1) is 0 Å². The monoisotopic (exact) mass is 281 g/mol. The second-order valence-corrected chi connectivity index (χ2v) is 5.32. The van der Waals surface area contributed by atoms with Crippen LogP contribution in [0.5, 0.6) is 0 Å². The molecule has 0 aliphatic carbocycles. The topological polar surface area (TPSA) is 85.8 Å². The zero-order valence-corrected chi connectivity index (χ0v) is 11.9. The lowest BCUT2D eigenvalue weighted by Gasteiger charge is -2.10. The van der Waals surface area contributed by atoms with Crippen LogP contribution in [0.3, 0.4) is 0 Å². The quantitative estimate of drug-likeness (QED) is 0.716. The summed E-state index contributed by atoms with van der Waals surface area (Å²) in [6.45, 7) is 0.996. The third-order valence-corrected chi connectivity index (χ3v) is 3.90. The highest BCUT2D eigenvalue weighted by atomic mass is 15.3. The molecule has 0 unspecified atom stereocenters. The van der Waals surface area contributed by atoms with Gasteiger partial charge in [0, 0.05) is 32.4 Å². The van der Waals surface area contributed by atoms with Gasteiger partial charge in [-0.2, -0.15) is 5.10 Å². The molecule has 0 aromatic carbocycles. The summed E-state index contributed by atoms with van der Waals surface area (Å²) in [6, 6.07) is 2.10. The van der Waals surface area contributed by atoms with E-state index < -0.39 is 0 Å². The number of nitrogens with zero attached hydrogens (tertiary/aromatic N) is 6. The van der Waals surface area contributed by atoms with Crippen LogP contribution < -0.4 is 10.6 Å². The molecule has 4 heterocycles. The molecule has 2 N–H and O–H groups in total. The maximum absolute atomic E-state index is 6.01. The minimum absolute atomic E-state index is 0.445. The molecule has 1 aliphatic rings. The van der Waals surface area contributed by atoms with Crippen molar-refractivity contribution in [1.82, 2.24) is 24.7 Å². The maximum Gasteiger partial charge on any atom is 0.165 e. The number of hydrogen-bond donors (Lipinski definition) is 1. The highest BCUT2D eigenvalue weighted by Gasteiger charge is 2.19. The third-order valence-electron chi connectivity index (χ3n) is 3.90. The first-order valence-corrected chi connectivity index (χ1v) is 6.79. The number of nitrogen functional groups attached to an aromatic ring is 1. The second kappa shape index (κ2) is 4.15. The van der Waals surface area contributed by atoms with Gasteiger partial charge in [-0.25, -0.2) is 15.0 Å². The Morgan fingerprint density at radius 1 is 1.19 bits per heavy atom. The molecule has 0 spiro atoms. The van der Waals surface area contributed by atoms with Crippen LogP contribution >= 0.6 is 0 Å². The summed E-state index contributed by atoms with van der Waals surface area (Å²) in [5.41, 5.74) is 8.85. The predicted molar refractivity (Wildman–Crippen MR) is 80.9 cm³/mol. The Kier molecular flexibility index (Phi) is 2.38. The molecule has 0 atom stereocenters. The van der Waals surface area contributed by atoms with E-state index in [0.29, 0.717) is 11.6 Å². The summed E-state index contributed by atoms with van der Waals surface area (Å²) in [5, 5.41) is 4.94. The van der Waals surface area contributed by atoms with Crippen molar-refractivity contribution in [3.8, 4) is 11.4 Å². The molecule has 0 radical (unpaired) electrons. The van der Waals surface area contributed by atoms with E-state index in [1.165, 1.54) is 5.56 Å². The molecule has 0 amide bonds. The van der Waals surface area contributed by atoms with Crippen molar-refractivity contribution >= 4 is 22.7 Å². The molecular formula is C14H15N7. The van der Waals surface area contributed by atoms with Crippen LogP contribution in [0.2, 0.25) is 0 Å². The van der Waals surface area contributed by atoms with Crippen LogP contribution in [0.4, 0.5) is 11.6 Å². The lowest BCUT2D eigenvalue weighted by molar-refractivity contribution is 0.786. The normalized spacial score (nSPS) is 13.9. The molecule has 0 bridgehead atoms. The second-order valence-electron chi connectivity index (χ2n) is 5.32. The largest absolute Gasteiger partial charge is 0.383 e. The first kappa shape index (κ1) is 12.1. The third kappa shape index (κ3) is 1.74. The van der Waals surface area contributed by atoms with Crippen LogP contribution in [0.1, 0.15) is 5.56 Å². The number of hydrogen-bond acceptors (Lipinski definition) is 6. The average Bonchev–Trinajstić information content (AvgIpc) is 3.03. The number of pyridine rings is 1. The number of nitrogens with two attached hydrogens (primary N) is 1. The fraction of sp³-hybridized carbons (Fsp3) is 0.286.